The molecule has 2 amide bonds. The Kier molecular flexibility index (Phi) is 12.1. The van der Waals surface area contributed by atoms with E-state index in [2.05, 4.69) is 5.32 Å². The van der Waals surface area contributed by atoms with Crippen molar-refractivity contribution in [1.82, 2.24) is 10.2 Å². The lowest BCUT2D eigenvalue weighted by Crippen LogP contribution is -2.53. The molecule has 0 aliphatic carbocycles. The van der Waals surface area contributed by atoms with E-state index in [4.69, 9.17) is 23.2 Å². The summed E-state index contributed by atoms with van der Waals surface area (Å²) in [6.07, 6.45) is 0.187. The third-order valence-electron chi connectivity index (χ3n) is 8.01. The highest BCUT2D eigenvalue weighted by molar-refractivity contribution is 7.92. The number of sulfonamides is 1. The van der Waals surface area contributed by atoms with Crippen molar-refractivity contribution in [2.75, 3.05) is 17.4 Å². The van der Waals surface area contributed by atoms with Crippen molar-refractivity contribution in [3.05, 3.63) is 129 Å². The number of halogens is 2. The van der Waals surface area contributed by atoms with E-state index in [1.165, 1.54) is 17.0 Å². The van der Waals surface area contributed by atoms with Crippen molar-refractivity contribution in [3.63, 3.8) is 0 Å². The standard InChI is InChI=1S/C37H41Cl2N3O4S/c1-25(2)22-40-37(44)35(21-29-10-7-6-8-11-29)41(23-32-33(38)12-9-13-34(32)39)36(43)24-42(30-17-16-27(4)28(5)20-30)47(45,46)31-18-14-26(3)15-19-31/h6-20,25,35H,21-24H2,1-5H3,(H,40,44). The second-order valence-electron chi connectivity index (χ2n) is 12.2. The first-order valence-electron chi connectivity index (χ1n) is 15.5. The second-order valence-corrected chi connectivity index (χ2v) is 14.8. The molecule has 1 unspecified atom stereocenters. The highest BCUT2D eigenvalue weighted by atomic mass is 35.5. The second kappa shape index (κ2) is 15.8. The van der Waals surface area contributed by atoms with E-state index in [0.29, 0.717) is 27.8 Å². The third-order valence-corrected chi connectivity index (χ3v) is 10.5. The largest absolute Gasteiger partial charge is 0.354 e. The SMILES string of the molecule is Cc1ccc(S(=O)(=O)N(CC(=O)N(Cc2c(Cl)cccc2Cl)C(Cc2ccccc2)C(=O)NCC(C)C)c2ccc(C)c(C)c2)cc1. The summed E-state index contributed by atoms with van der Waals surface area (Å²) in [6.45, 7) is 9.37. The van der Waals surface area contributed by atoms with E-state index in [-0.39, 0.29) is 29.7 Å². The minimum absolute atomic E-state index is 0.0466. The third kappa shape index (κ3) is 9.15. The van der Waals surface area contributed by atoms with Gasteiger partial charge < -0.3 is 10.2 Å². The molecule has 4 aromatic rings. The van der Waals surface area contributed by atoms with Crippen LogP contribution in [0.2, 0.25) is 10.0 Å². The zero-order chi connectivity index (χ0) is 34.3. The number of carbonyl (C=O) groups is 2. The molecule has 0 saturated heterocycles. The topological polar surface area (TPSA) is 86.8 Å². The lowest BCUT2D eigenvalue weighted by Gasteiger charge is -2.34. The number of hydrogen-bond donors (Lipinski definition) is 1. The maximum absolute atomic E-state index is 14.7. The number of benzene rings is 4. The molecule has 0 aliphatic rings. The molecule has 248 valence electrons. The van der Waals surface area contributed by atoms with Gasteiger partial charge in [-0.25, -0.2) is 8.42 Å². The Morgan fingerprint density at radius 3 is 2.04 bits per heavy atom. The minimum atomic E-state index is -4.21. The molecular formula is C37H41Cl2N3O4S. The maximum Gasteiger partial charge on any atom is 0.264 e. The number of nitrogens with one attached hydrogen (secondary N) is 1. The summed E-state index contributed by atoms with van der Waals surface area (Å²) in [5.74, 6) is -0.785. The van der Waals surface area contributed by atoms with Crippen molar-refractivity contribution in [3.8, 4) is 0 Å². The molecule has 0 heterocycles. The quantitative estimate of drug-likeness (QED) is 0.157. The van der Waals surface area contributed by atoms with Gasteiger partial charge in [0.1, 0.15) is 12.6 Å². The smallest absolute Gasteiger partial charge is 0.264 e. The monoisotopic (exact) mass is 693 g/mol. The van der Waals surface area contributed by atoms with Gasteiger partial charge in [-0.05, 0) is 79.8 Å². The fraction of sp³-hybridized carbons (Fsp3) is 0.297. The zero-order valence-electron chi connectivity index (χ0n) is 27.3. The first-order valence-corrected chi connectivity index (χ1v) is 17.7. The fourth-order valence-electron chi connectivity index (χ4n) is 5.08. The van der Waals surface area contributed by atoms with Gasteiger partial charge in [-0.3, -0.25) is 13.9 Å². The Bertz CT molecular complexity index is 1790. The van der Waals surface area contributed by atoms with Crippen molar-refractivity contribution in [2.24, 2.45) is 5.92 Å². The molecule has 0 radical (unpaired) electrons. The molecule has 0 spiro atoms. The molecular weight excluding hydrogens is 653 g/mol. The Morgan fingerprint density at radius 2 is 1.45 bits per heavy atom. The van der Waals surface area contributed by atoms with Gasteiger partial charge in [0.25, 0.3) is 10.0 Å². The molecule has 0 fully saturated rings. The predicted molar refractivity (Wildman–Crippen MR) is 190 cm³/mol. The molecule has 1 N–H and O–H groups in total. The van der Waals surface area contributed by atoms with Crippen LogP contribution in [0, 0.1) is 26.7 Å². The number of carbonyl (C=O) groups excluding carboxylic acids is 2. The van der Waals surface area contributed by atoms with E-state index < -0.39 is 28.5 Å². The van der Waals surface area contributed by atoms with Crippen molar-refractivity contribution in [2.45, 2.75) is 58.5 Å². The van der Waals surface area contributed by atoms with Crippen LogP contribution in [0.5, 0.6) is 0 Å². The summed E-state index contributed by atoms with van der Waals surface area (Å²) in [4.78, 5) is 30.1. The Morgan fingerprint density at radius 1 is 0.809 bits per heavy atom. The predicted octanol–water partition coefficient (Wildman–Crippen LogP) is 7.53. The Labute approximate surface area is 288 Å². The fourth-order valence-corrected chi connectivity index (χ4v) is 7.00. The summed E-state index contributed by atoms with van der Waals surface area (Å²) in [7, 11) is -4.21. The highest BCUT2D eigenvalue weighted by Crippen LogP contribution is 2.30. The first-order chi connectivity index (χ1) is 22.3. The van der Waals surface area contributed by atoms with E-state index >= 15 is 0 Å². The summed E-state index contributed by atoms with van der Waals surface area (Å²) >= 11 is 13.2. The molecule has 47 heavy (non-hydrogen) atoms. The Hall–Kier alpha value is -3.85. The van der Waals surface area contributed by atoms with Crippen LogP contribution in [0.1, 0.15) is 41.7 Å². The van der Waals surface area contributed by atoms with Gasteiger partial charge >= 0.3 is 0 Å². The zero-order valence-corrected chi connectivity index (χ0v) is 29.7. The Balaban J connectivity index is 1.85. The van der Waals surface area contributed by atoms with Gasteiger partial charge in [0.15, 0.2) is 0 Å². The number of hydrogen-bond acceptors (Lipinski definition) is 4. The number of anilines is 1. The molecule has 4 aromatic carbocycles. The van der Waals surface area contributed by atoms with E-state index in [1.54, 1.807) is 42.5 Å². The molecule has 0 bridgehead atoms. The van der Waals surface area contributed by atoms with Crippen LogP contribution in [0.4, 0.5) is 5.69 Å². The van der Waals surface area contributed by atoms with E-state index in [9.17, 15) is 18.0 Å². The van der Waals surface area contributed by atoms with Gasteiger partial charge in [-0.1, -0.05) is 97.2 Å². The van der Waals surface area contributed by atoms with Crippen molar-refractivity contribution in [1.29, 1.82) is 0 Å². The lowest BCUT2D eigenvalue weighted by molar-refractivity contribution is -0.140. The van der Waals surface area contributed by atoms with Crippen LogP contribution >= 0.6 is 23.2 Å². The number of nitrogens with zero attached hydrogens (tertiary/aromatic N) is 2. The van der Waals surface area contributed by atoms with E-state index in [0.717, 1.165) is 26.6 Å². The van der Waals surface area contributed by atoms with Gasteiger partial charge in [-0.2, -0.15) is 0 Å². The summed E-state index contributed by atoms with van der Waals surface area (Å²) in [5.41, 5.74) is 4.37. The van der Waals surface area contributed by atoms with Gasteiger partial charge in [-0.15, -0.1) is 0 Å². The van der Waals surface area contributed by atoms with Gasteiger partial charge in [0, 0.05) is 35.1 Å². The van der Waals surface area contributed by atoms with Gasteiger partial charge in [0.05, 0.1) is 10.6 Å². The highest BCUT2D eigenvalue weighted by Gasteiger charge is 2.35. The van der Waals surface area contributed by atoms with Crippen LogP contribution in [0.3, 0.4) is 0 Å². The summed E-state index contributed by atoms with van der Waals surface area (Å²) < 4.78 is 29.7. The van der Waals surface area contributed by atoms with Gasteiger partial charge in [0.2, 0.25) is 11.8 Å². The van der Waals surface area contributed by atoms with Crippen molar-refractivity contribution < 1.29 is 18.0 Å². The first kappa shape index (κ1) is 36.0. The van der Waals surface area contributed by atoms with Crippen LogP contribution in [0.25, 0.3) is 0 Å². The normalized spacial score (nSPS) is 12.1. The van der Waals surface area contributed by atoms with Crippen LogP contribution in [-0.2, 0) is 32.6 Å². The number of amides is 2. The number of aryl methyl sites for hydroxylation is 3. The lowest BCUT2D eigenvalue weighted by atomic mass is 10.0. The van der Waals surface area contributed by atoms with Crippen LogP contribution in [-0.4, -0.2) is 44.3 Å². The van der Waals surface area contributed by atoms with Crippen LogP contribution in [0.15, 0.2) is 95.9 Å². The number of rotatable bonds is 13. The molecule has 0 aromatic heterocycles. The summed E-state index contributed by atoms with van der Waals surface area (Å²) in [5, 5.41) is 3.64. The maximum atomic E-state index is 14.7. The molecule has 4 rings (SSSR count). The average Bonchev–Trinajstić information content (AvgIpc) is 3.03. The molecule has 0 saturated carbocycles. The molecule has 7 nitrogen and oxygen atoms in total. The molecule has 0 aliphatic heterocycles. The van der Waals surface area contributed by atoms with E-state index in [1.807, 2.05) is 71.0 Å². The minimum Gasteiger partial charge on any atom is -0.354 e. The molecule has 10 heteroatoms. The van der Waals surface area contributed by atoms with Crippen molar-refractivity contribution >= 4 is 50.7 Å². The summed E-state index contributed by atoms with van der Waals surface area (Å²) in [6, 6.07) is 25.2. The molecule has 1 atom stereocenters. The average molecular weight is 695 g/mol. The van der Waals surface area contributed by atoms with Crippen LogP contribution < -0.4 is 9.62 Å².